The molecule has 1 aliphatic heterocycles. The lowest BCUT2D eigenvalue weighted by atomic mass is 9.66. The molecule has 0 bridgehead atoms. The van der Waals surface area contributed by atoms with Gasteiger partial charge in [-0.3, -0.25) is 4.79 Å². The predicted octanol–water partition coefficient (Wildman–Crippen LogP) is 3.93. The highest BCUT2D eigenvalue weighted by Gasteiger charge is 2.67. The Labute approximate surface area is 150 Å². The van der Waals surface area contributed by atoms with E-state index >= 15 is 0 Å². The van der Waals surface area contributed by atoms with Crippen LogP contribution in [0.4, 0.5) is 0 Å². The molecule has 2 unspecified atom stereocenters. The van der Waals surface area contributed by atoms with E-state index in [1.807, 2.05) is 0 Å². The second-order valence-electron chi connectivity index (χ2n) is 7.39. The van der Waals surface area contributed by atoms with Crippen molar-refractivity contribution in [1.82, 2.24) is 0 Å². The van der Waals surface area contributed by atoms with Gasteiger partial charge in [0.2, 0.25) is 5.79 Å². The first-order valence-corrected chi connectivity index (χ1v) is 8.64. The summed E-state index contributed by atoms with van der Waals surface area (Å²) in [6.45, 7) is 5.25. The maximum atomic E-state index is 13.1. The number of phenols is 1. The molecule has 1 heterocycles. The van der Waals surface area contributed by atoms with Gasteiger partial charge in [0.1, 0.15) is 11.4 Å². The van der Waals surface area contributed by atoms with Crippen molar-refractivity contribution in [2.45, 2.75) is 63.3 Å². The van der Waals surface area contributed by atoms with Gasteiger partial charge in [-0.15, -0.1) is 0 Å². The number of halogens is 2. The van der Waals surface area contributed by atoms with Gasteiger partial charge >= 0.3 is 5.97 Å². The number of benzene rings is 1. The lowest BCUT2D eigenvalue weighted by Crippen LogP contribution is -2.59. The molecule has 2 N–H and O–H groups in total. The van der Waals surface area contributed by atoms with E-state index in [9.17, 15) is 15.0 Å². The fraction of sp³-hybridized carbons (Fsp3) is 0.588. The van der Waals surface area contributed by atoms with Crippen molar-refractivity contribution in [2.24, 2.45) is 0 Å². The van der Waals surface area contributed by atoms with E-state index in [1.54, 1.807) is 20.8 Å². The zero-order valence-electron chi connectivity index (χ0n) is 13.8. The number of aromatic hydroxyl groups is 1. The molecule has 0 amide bonds. The second-order valence-corrected chi connectivity index (χ2v) is 8.18. The van der Waals surface area contributed by atoms with Crippen molar-refractivity contribution in [2.75, 3.05) is 0 Å². The maximum Gasteiger partial charge on any atom is 0.324 e. The standard InChI is InChI=1S/C17H20Cl2O5/c1-15(2,3)24-14(21)16-6-4-5-7-17(16,22)23-10-8-9(18)13(20)12(19)11(10)16/h8,20,22H,4-7H2,1-3H3. The van der Waals surface area contributed by atoms with E-state index in [2.05, 4.69) is 0 Å². The molecule has 0 aromatic heterocycles. The molecule has 7 heteroatoms. The van der Waals surface area contributed by atoms with Crippen LogP contribution in [0.1, 0.15) is 52.0 Å². The number of aliphatic hydroxyl groups is 1. The van der Waals surface area contributed by atoms with Crippen molar-refractivity contribution in [1.29, 1.82) is 0 Å². The van der Waals surface area contributed by atoms with E-state index in [4.69, 9.17) is 32.7 Å². The largest absolute Gasteiger partial charge is 0.505 e. The fourth-order valence-electron chi connectivity index (χ4n) is 3.60. The third-order valence-corrected chi connectivity index (χ3v) is 5.25. The first-order valence-electron chi connectivity index (χ1n) is 7.88. The van der Waals surface area contributed by atoms with Gasteiger partial charge in [-0.25, -0.2) is 0 Å². The van der Waals surface area contributed by atoms with Gasteiger partial charge in [0.05, 0.1) is 10.0 Å². The molecule has 132 valence electrons. The van der Waals surface area contributed by atoms with Crippen LogP contribution in [-0.2, 0) is 14.9 Å². The normalized spacial score (nSPS) is 28.8. The molecular weight excluding hydrogens is 355 g/mol. The number of hydrogen-bond acceptors (Lipinski definition) is 5. The summed E-state index contributed by atoms with van der Waals surface area (Å²) in [5.74, 6) is -2.51. The first kappa shape index (κ1) is 17.6. The Morgan fingerprint density at radius 2 is 1.92 bits per heavy atom. The average Bonchev–Trinajstić information content (AvgIpc) is 2.72. The molecule has 24 heavy (non-hydrogen) atoms. The third-order valence-electron chi connectivity index (χ3n) is 4.60. The van der Waals surface area contributed by atoms with Crippen LogP contribution in [0.5, 0.6) is 11.5 Å². The van der Waals surface area contributed by atoms with Crippen LogP contribution in [0.3, 0.4) is 0 Å². The van der Waals surface area contributed by atoms with Crippen LogP contribution in [-0.4, -0.2) is 27.6 Å². The van der Waals surface area contributed by atoms with E-state index in [1.165, 1.54) is 6.07 Å². The minimum absolute atomic E-state index is 0.000311. The molecule has 1 aromatic carbocycles. The van der Waals surface area contributed by atoms with Crippen LogP contribution in [0.2, 0.25) is 10.0 Å². The van der Waals surface area contributed by atoms with E-state index in [0.717, 1.165) is 0 Å². The first-order chi connectivity index (χ1) is 11.0. The summed E-state index contributed by atoms with van der Waals surface area (Å²) in [4.78, 5) is 13.1. The molecule has 0 saturated heterocycles. The van der Waals surface area contributed by atoms with Crippen LogP contribution < -0.4 is 4.74 Å². The molecule has 1 saturated carbocycles. The average molecular weight is 375 g/mol. The Morgan fingerprint density at radius 1 is 1.29 bits per heavy atom. The van der Waals surface area contributed by atoms with Crippen molar-refractivity contribution in [3.63, 3.8) is 0 Å². The predicted molar refractivity (Wildman–Crippen MR) is 89.7 cm³/mol. The molecule has 2 atom stereocenters. The number of esters is 1. The lowest BCUT2D eigenvalue weighted by Gasteiger charge is -2.43. The smallest absolute Gasteiger partial charge is 0.324 e. The summed E-state index contributed by atoms with van der Waals surface area (Å²) in [5.41, 5.74) is -1.97. The number of carbonyl (C=O) groups is 1. The fourth-order valence-corrected chi connectivity index (χ4v) is 4.20. The van der Waals surface area contributed by atoms with Gasteiger partial charge in [0.15, 0.2) is 11.2 Å². The summed E-state index contributed by atoms with van der Waals surface area (Å²) >= 11 is 12.3. The van der Waals surface area contributed by atoms with Gasteiger partial charge in [-0.2, -0.15) is 0 Å². The Bertz CT molecular complexity index is 712. The Hall–Kier alpha value is -1.17. The number of carbonyl (C=O) groups excluding carboxylic acids is 1. The zero-order chi connectivity index (χ0) is 17.9. The third kappa shape index (κ3) is 2.37. The van der Waals surface area contributed by atoms with Crippen molar-refractivity contribution in [3.05, 3.63) is 21.7 Å². The summed E-state index contributed by atoms with van der Waals surface area (Å²) in [7, 11) is 0. The molecule has 5 nitrogen and oxygen atoms in total. The molecule has 0 spiro atoms. The minimum Gasteiger partial charge on any atom is -0.505 e. The lowest BCUT2D eigenvalue weighted by molar-refractivity contribution is -0.215. The quantitative estimate of drug-likeness (QED) is 0.728. The number of ether oxygens (including phenoxy) is 2. The number of hydrogen-bond donors (Lipinski definition) is 2. The highest BCUT2D eigenvalue weighted by Crippen LogP contribution is 2.60. The molecule has 1 aromatic rings. The van der Waals surface area contributed by atoms with Crippen LogP contribution >= 0.6 is 23.2 Å². The minimum atomic E-state index is -1.77. The molecular formula is C17H20Cl2O5. The van der Waals surface area contributed by atoms with Gasteiger partial charge in [0.25, 0.3) is 0 Å². The summed E-state index contributed by atoms with van der Waals surface area (Å²) in [6.07, 6.45) is 1.97. The van der Waals surface area contributed by atoms with Gasteiger partial charge < -0.3 is 19.7 Å². The molecule has 1 fully saturated rings. The van der Waals surface area contributed by atoms with Crippen molar-refractivity contribution in [3.8, 4) is 11.5 Å². The monoisotopic (exact) mass is 374 g/mol. The summed E-state index contributed by atoms with van der Waals surface area (Å²) < 4.78 is 11.3. The SMILES string of the molecule is CC(C)(C)OC(=O)C12CCCCC1(O)Oc1cc(Cl)c(O)c(Cl)c12. The van der Waals surface area contributed by atoms with Crippen molar-refractivity contribution >= 4 is 29.2 Å². The molecule has 1 aliphatic carbocycles. The van der Waals surface area contributed by atoms with Gasteiger partial charge in [-0.1, -0.05) is 29.6 Å². The number of rotatable bonds is 1. The summed E-state index contributed by atoms with van der Waals surface area (Å²) in [5, 5.41) is 21.2. The highest BCUT2D eigenvalue weighted by atomic mass is 35.5. The van der Waals surface area contributed by atoms with E-state index in [0.29, 0.717) is 19.3 Å². The zero-order valence-corrected chi connectivity index (χ0v) is 15.3. The van der Waals surface area contributed by atoms with E-state index < -0.39 is 22.8 Å². The second kappa shape index (κ2) is 5.41. The molecule has 3 rings (SSSR count). The van der Waals surface area contributed by atoms with Crippen LogP contribution in [0, 0.1) is 0 Å². The van der Waals surface area contributed by atoms with E-state index in [-0.39, 0.29) is 33.5 Å². The molecule has 2 aliphatic rings. The Morgan fingerprint density at radius 3 is 2.54 bits per heavy atom. The topological polar surface area (TPSA) is 76.0 Å². The summed E-state index contributed by atoms with van der Waals surface area (Å²) in [6, 6.07) is 1.38. The van der Waals surface area contributed by atoms with Gasteiger partial charge in [-0.05, 0) is 33.6 Å². The number of fused-ring (bicyclic) bond motifs is 3. The Balaban J connectivity index is 2.24. The van der Waals surface area contributed by atoms with Gasteiger partial charge in [0, 0.05) is 18.1 Å². The van der Waals surface area contributed by atoms with Crippen LogP contribution in [0.25, 0.3) is 0 Å². The maximum absolute atomic E-state index is 13.1. The number of phenolic OH excluding ortho intramolecular Hbond substituents is 1. The van der Waals surface area contributed by atoms with Crippen molar-refractivity contribution < 1.29 is 24.5 Å². The van der Waals surface area contributed by atoms with Crippen LogP contribution in [0.15, 0.2) is 6.07 Å². The molecule has 0 radical (unpaired) electrons. The highest BCUT2D eigenvalue weighted by molar-refractivity contribution is 6.38. The Kier molecular flexibility index (Phi) is 3.98.